The van der Waals surface area contributed by atoms with E-state index >= 15 is 0 Å². The number of fused-ring (bicyclic) bond motifs is 1. The highest BCUT2D eigenvalue weighted by Crippen LogP contribution is 2.24. The number of benzene rings is 1. The molecule has 1 aromatic carbocycles. The molecule has 3 nitrogen and oxygen atoms in total. The van der Waals surface area contributed by atoms with E-state index < -0.39 is 0 Å². The first-order valence-electron chi connectivity index (χ1n) is 5.57. The van der Waals surface area contributed by atoms with Crippen LogP contribution in [0.15, 0.2) is 47.3 Å². The molecule has 3 rings (SSSR count). The number of nitrogens with one attached hydrogen (secondary N) is 1. The Morgan fingerprint density at radius 3 is 2.89 bits per heavy atom. The Balaban J connectivity index is 2.12. The second-order valence-corrected chi connectivity index (χ2v) is 5.47. The van der Waals surface area contributed by atoms with Gasteiger partial charge in [-0.1, -0.05) is 17.7 Å². The van der Waals surface area contributed by atoms with Crippen molar-refractivity contribution in [1.82, 2.24) is 9.97 Å². The van der Waals surface area contributed by atoms with Crippen LogP contribution in [0.3, 0.4) is 0 Å². The van der Waals surface area contributed by atoms with Crippen LogP contribution in [0.25, 0.3) is 10.9 Å². The number of ketones is 1. The van der Waals surface area contributed by atoms with Gasteiger partial charge in [0.25, 0.3) is 0 Å². The summed E-state index contributed by atoms with van der Waals surface area (Å²) < 4.78 is 0.779. The predicted molar refractivity (Wildman–Crippen MR) is 78.7 cm³/mol. The van der Waals surface area contributed by atoms with Crippen LogP contribution < -0.4 is 0 Å². The number of carbonyl (C=O) groups excluding carboxylic acids is 1. The van der Waals surface area contributed by atoms with E-state index in [-0.39, 0.29) is 5.78 Å². The molecule has 0 aliphatic rings. The lowest BCUT2D eigenvalue weighted by Gasteiger charge is -2.00. The molecule has 94 valence electrons. The number of nitrogens with zero attached hydrogens (tertiary/aromatic N) is 1. The fourth-order valence-electron chi connectivity index (χ4n) is 1.98. The third-order valence-electron chi connectivity index (χ3n) is 2.86. The summed E-state index contributed by atoms with van der Waals surface area (Å²) in [7, 11) is 0. The summed E-state index contributed by atoms with van der Waals surface area (Å²) in [4.78, 5) is 19.5. The lowest BCUT2D eigenvalue weighted by molar-refractivity contribution is 0.104. The minimum atomic E-state index is -0.0672. The first kappa shape index (κ1) is 12.4. The lowest BCUT2D eigenvalue weighted by atomic mass is 10.0. The molecule has 0 fully saturated rings. The van der Waals surface area contributed by atoms with Crippen molar-refractivity contribution in [2.75, 3.05) is 0 Å². The Bertz CT molecular complexity index is 782. The minimum absolute atomic E-state index is 0.0672. The van der Waals surface area contributed by atoms with Crippen molar-refractivity contribution < 1.29 is 4.79 Å². The molecule has 0 radical (unpaired) electrons. The number of H-pyrrole nitrogens is 1. The van der Waals surface area contributed by atoms with E-state index in [9.17, 15) is 4.79 Å². The zero-order valence-electron chi connectivity index (χ0n) is 9.65. The second kappa shape index (κ2) is 4.79. The van der Waals surface area contributed by atoms with Gasteiger partial charge in [-0.25, -0.2) is 0 Å². The normalized spacial score (nSPS) is 10.8. The van der Waals surface area contributed by atoms with Crippen LogP contribution in [-0.4, -0.2) is 15.8 Å². The van der Waals surface area contributed by atoms with E-state index in [2.05, 4.69) is 25.9 Å². The monoisotopic (exact) mass is 334 g/mol. The Kier molecular flexibility index (Phi) is 3.12. The Labute approximate surface area is 122 Å². The summed E-state index contributed by atoms with van der Waals surface area (Å²) >= 11 is 9.24. The van der Waals surface area contributed by atoms with Gasteiger partial charge in [0.1, 0.15) is 0 Å². The standard InChI is InChI=1S/C14H8BrClN2O/c15-9-3-8(5-17-6-9)14(19)12-7-18-13-4-10(16)1-2-11(12)13/h1-7,18H. The number of hydrogen-bond donors (Lipinski definition) is 1. The number of hydrogen-bond acceptors (Lipinski definition) is 2. The van der Waals surface area contributed by atoms with E-state index in [1.807, 2.05) is 6.07 Å². The van der Waals surface area contributed by atoms with Gasteiger partial charge in [0.15, 0.2) is 5.78 Å². The Hall–Kier alpha value is -1.65. The van der Waals surface area contributed by atoms with Gasteiger partial charge >= 0.3 is 0 Å². The average molecular weight is 336 g/mol. The van der Waals surface area contributed by atoms with E-state index in [4.69, 9.17) is 11.6 Å². The molecule has 0 saturated heterocycles. The molecular weight excluding hydrogens is 328 g/mol. The van der Waals surface area contributed by atoms with Crippen molar-refractivity contribution in [2.24, 2.45) is 0 Å². The van der Waals surface area contributed by atoms with Gasteiger partial charge in [-0.3, -0.25) is 9.78 Å². The summed E-state index contributed by atoms with van der Waals surface area (Å²) in [6, 6.07) is 7.16. The van der Waals surface area contributed by atoms with Gasteiger partial charge in [-0.2, -0.15) is 0 Å². The van der Waals surface area contributed by atoms with Crippen molar-refractivity contribution in [2.45, 2.75) is 0 Å². The highest BCUT2D eigenvalue weighted by atomic mass is 79.9. The first-order valence-corrected chi connectivity index (χ1v) is 6.74. The van der Waals surface area contributed by atoms with Crippen LogP contribution in [0.4, 0.5) is 0 Å². The summed E-state index contributed by atoms with van der Waals surface area (Å²) in [5, 5.41) is 1.49. The maximum Gasteiger partial charge on any atom is 0.196 e. The van der Waals surface area contributed by atoms with Crippen molar-refractivity contribution in [3.8, 4) is 0 Å². The molecule has 1 N–H and O–H groups in total. The summed E-state index contributed by atoms with van der Waals surface area (Å²) in [5.74, 6) is -0.0672. The van der Waals surface area contributed by atoms with Gasteiger partial charge in [0.2, 0.25) is 0 Å². The molecule has 5 heteroatoms. The van der Waals surface area contributed by atoms with E-state index in [0.717, 1.165) is 15.4 Å². The van der Waals surface area contributed by atoms with Crippen molar-refractivity contribution >= 4 is 44.2 Å². The van der Waals surface area contributed by atoms with Crippen molar-refractivity contribution in [1.29, 1.82) is 0 Å². The third kappa shape index (κ3) is 2.29. The molecular formula is C14H8BrClN2O. The quantitative estimate of drug-likeness (QED) is 0.713. The summed E-state index contributed by atoms with van der Waals surface area (Å²) in [5.41, 5.74) is 2.01. The molecule has 0 saturated carbocycles. The zero-order chi connectivity index (χ0) is 13.4. The molecule has 0 bridgehead atoms. The SMILES string of the molecule is O=C(c1cncc(Br)c1)c1c[nH]c2cc(Cl)ccc12. The Morgan fingerprint density at radius 1 is 1.26 bits per heavy atom. The molecule has 0 unspecified atom stereocenters. The number of halogens is 2. The number of aromatic amines is 1. The van der Waals surface area contributed by atoms with Crippen LogP contribution in [-0.2, 0) is 0 Å². The van der Waals surface area contributed by atoms with Gasteiger partial charge in [-0.05, 0) is 34.1 Å². The lowest BCUT2D eigenvalue weighted by Crippen LogP contribution is -2.00. The van der Waals surface area contributed by atoms with Crippen molar-refractivity contribution in [3.63, 3.8) is 0 Å². The van der Waals surface area contributed by atoms with E-state index in [0.29, 0.717) is 16.1 Å². The third-order valence-corrected chi connectivity index (χ3v) is 3.52. The number of carbonyl (C=O) groups is 1. The second-order valence-electron chi connectivity index (χ2n) is 4.11. The van der Waals surface area contributed by atoms with E-state index in [1.165, 1.54) is 0 Å². The molecule has 0 amide bonds. The van der Waals surface area contributed by atoms with Crippen LogP contribution in [0, 0.1) is 0 Å². The summed E-state index contributed by atoms with van der Waals surface area (Å²) in [6.07, 6.45) is 4.90. The fourth-order valence-corrected chi connectivity index (χ4v) is 2.51. The highest BCUT2D eigenvalue weighted by molar-refractivity contribution is 9.10. The maximum atomic E-state index is 12.4. The fraction of sp³-hybridized carbons (Fsp3) is 0. The molecule has 0 aliphatic heterocycles. The number of aromatic nitrogens is 2. The van der Waals surface area contributed by atoms with Gasteiger partial charge in [0.05, 0.1) is 0 Å². The number of rotatable bonds is 2. The molecule has 3 aromatic rings. The largest absolute Gasteiger partial charge is 0.360 e. The van der Waals surface area contributed by atoms with Crippen LogP contribution in [0.1, 0.15) is 15.9 Å². The average Bonchev–Trinajstić information content (AvgIpc) is 2.80. The number of pyridine rings is 1. The maximum absolute atomic E-state index is 12.4. The zero-order valence-corrected chi connectivity index (χ0v) is 12.0. The van der Waals surface area contributed by atoms with Crippen molar-refractivity contribution in [3.05, 3.63) is 63.5 Å². The van der Waals surface area contributed by atoms with Crippen LogP contribution >= 0.6 is 27.5 Å². The topological polar surface area (TPSA) is 45.8 Å². The minimum Gasteiger partial charge on any atom is -0.360 e. The van der Waals surface area contributed by atoms with Crippen LogP contribution in [0.5, 0.6) is 0 Å². The van der Waals surface area contributed by atoms with Crippen LogP contribution in [0.2, 0.25) is 5.02 Å². The highest BCUT2D eigenvalue weighted by Gasteiger charge is 2.14. The van der Waals surface area contributed by atoms with E-state index in [1.54, 1.807) is 36.8 Å². The molecule has 0 aliphatic carbocycles. The molecule has 0 atom stereocenters. The Morgan fingerprint density at radius 2 is 2.11 bits per heavy atom. The summed E-state index contributed by atoms with van der Waals surface area (Å²) in [6.45, 7) is 0. The van der Waals surface area contributed by atoms with Gasteiger partial charge in [0, 0.05) is 50.1 Å². The first-order chi connectivity index (χ1) is 9.15. The van der Waals surface area contributed by atoms with Gasteiger partial charge < -0.3 is 4.98 Å². The molecule has 2 aromatic heterocycles. The smallest absolute Gasteiger partial charge is 0.196 e. The predicted octanol–water partition coefficient (Wildman–Crippen LogP) is 4.21. The molecule has 0 spiro atoms. The molecule has 19 heavy (non-hydrogen) atoms. The molecule has 2 heterocycles. The van der Waals surface area contributed by atoms with Gasteiger partial charge in [-0.15, -0.1) is 0 Å².